The smallest absolute Gasteiger partial charge is 0.229 e. The molecule has 0 spiro atoms. The number of hydrogen-bond donors (Lipinski definition) is 0. The molecule has 0 bridgehead atoms. The number of halogens is 1. The Kier molecular flexibility index (Phi) is 7.10. The Bertz CT molecular complexity index is 120. The Labute approximate surface area is 89.3 Å². The van der Waals surface area contributed by atoms with E-state index in [2.05, 4.69) is 32.3 Å². The van der Waals surface area contributed by atoms with Crippen LogP contribution in [0.5, 0.6) is 0 Å². The molecule has 0 aromatic carbocycles. The van der Waals surface area contributed by atoms with Gasteiger partial charge in [0.05, 0.1) is 0 Å². The van der Waals surface area contributed by atoms with Crippen molar-refractivity contribution < 1.29 is 0 Å². The number of rotatable bonds is 7. The van der Waals surface area contributed by atoms with Gasteiger partial charge >= 0.3 is 0 Å². The van der Waals surface area contributed by atoms with E-state index in [1.807, 2.05) is 0 Å². The summed E-state index contributed by atoms with van der Waals surface area (Å²) in [6.45, 7) is 11.2. The van der Waals surface area contributed by atoms with Crippen molar-refractivity contribution in [1.82, 2.24) is 4.57 Å². The molecule has 0 heterocycles. The van der Waals surface area contributed by atoms with Crippen LogP contribution in [-0.2, 0) is 0 Å². The summed E-state index contributed by atoms with van der Waals surface area (Å²) in [7, 11) is -1.57. The second-order valence-corrected chi connectivity index (χ2v) is 9.17. The Balaban J connectivity index is 4.33. The molecule has 3 heteroatoms. The van der Waals surface area contributed by atoms with Crippen molar-refractivity contribution in [2.75, 3.05) is 13.1 Å². The second-order valence-electron chi connectivity index (χ2n) is 3.59. The molecule has 0 amide bonds. The zero-order valence-corrected chi connectivity index (χ0v) is 11.3. The van der Waals surface area contributed by atoms with Gasteiger partial charge in [-0.2, -0.15) is 0 Å². The molecule has 1 nitrogen and oxygen atoms in total. The maximum Gasteiger partial charge on any atom is 0.229 e. The first kappa shape index (κ1) is 13.5. The molecule has 0 unspecified atom stereocenters. The Morgan fingerprint density at radius 3 is 1.54 bits per heavy atom. The normalized spacial score (nSPS) is 12.5. The molecule has 0 aromatic rings. The average molecular weight is 222 g/mol. The lowest BCUT2D eigenvalue weighted by Gasteiger charge is -2.35. The van der Waals surface area contributed by atoms with Crippen LogP contribution in [0.2, 0.25) is 12.1 Å². The van der Waals surface area contributed by atoms with Crippen LogP contribution in [0.25, 0.3) is 0 Å². The molecule has 80 valence electrons. The molecule has 0 radical (unpaired) electrons. The van der Waals surface area contributed by atoms with E-state index in [1.165, 1.54) is 24.9 Å². The van der Waals surface area contributed by atoms with E-state index in [4.69, 9.17) is 11.1 Å². The van der Waals surface area contributed by atoms with Gasteiger partial charge in [0, 0.05) is 0 Å². The minimum atomic E-state index is -1.57. The molecular weight excluding hydrogens is 198 g/mol. The van der Waals surface area contributed by atoms with E-state index in [-0.39, 0.29) is 0 Å². The summed E-state index contributed by atoms with van der Waals surface area (Å²) in [4.78, 5) is 0. The fourth-order valence-electron chi connectivity index (χ4n) is 2.00. The quantitative estimate of drug-likeness (QED) is 0.467. The van der Waals surface area contributed by atoms with Crippen molar-refractivity contribution in [2.45, 2.75) is 52.6 Å². The molecule has 13 heavy (non-hydrogen) atoms. The highest BCUT2D eigenvalue weighted by Gasteiger charge is 2.34. The predicted octanol–water partition coefficient (Wildman–Crippen LogP) is 3.83. The fraction of sp³-hybridized carbons (Fsp3) is 1.00. The van der Waals surface area contributed by atoms with Crippen LogP contribution >= 0.6 is 11.1 Å². The highest BCUT2D eigenvalue weighted by molar-refractivity contribution is 7.18. The van der Waals surface area contributed by atoms with Crippen LogP contribution < -0.4 is 0 Å². The summed E-state index contributed by atoms with van der Waals surface area (Å²) in [6, 6.07) is 2.48. The van der Waals surface area contributed by atoms with Gasteiger partial charge in [-0.3, -0.25) is 0 Å². The van der Waals surface area contributed by atoms with Gasteiger partial charge in [0.15, 0.2) is 0 Å². The summed E-state index contributed by atoms with van der Waals surface area (Å²) in [6.07, 6.45) is 2.46. The van der Waals surface area contributed by atoms with E-state index in [1.54, 1.807) is 0 Å². The largest absolute Gasteiger partial charge is 0.312 e. The first-order chi connectivity index (χ1) is 6.14. The SMILES string of the molecule is CCC[Si](Cl)(CCC)N(CC)CC. The zero-order chi connectivity index (χ0) is 10.3. The van der Waals surface area contributed by atoms with Gasteiger partial charge in [-0.05, 0) is 25.2 Å². The van der Waals surface area contributed by atoms with Crippen LogP contribution in [0.4, 0.5) is 0 Å². The van der Waals surface area contributed by atoms with E-state index in [0.717, 1.165) is 13.1 Å². The molecule has 0 aliphatic heterocycles. The van der Waals surface area contributed by atoms with Crippen molar-refractivity contribution >= 4 is 18.6 Å². The highest BCUT2D eigenvalue weighted by Crippen LogP contribution is 2.27. The maximum absolute atomic E-state index is 6.77. The van der Waals surface area contributed by atoms with Gasteiger partial charge in [-0.1, -0.05) is 40.5 Å². The molecule has 0 saturated carbocycles. The maximum atomic E-state index is 6.77. The van der Waals surface area contributed by atoms with Crippen molar-refractivity contribution in [3.05, 3.63) is 0 Å². The van der Waals surface area contributed by atoms with Gasteiger partial charge in [0.2, 0.25) is 7.55 Å². The van der Waals surface area contributed by atoms with Crippen LogP contribution in [0.15, 0.2) is 0 Å². The predicted molar refractivity (Wildman–Crippen MR) is 64.7 cm³/mol. The third kappa shape index (κ3) is 4.01. The third-order valence-corrected chi connectivity index (χ3v) is 8.75. The summed E-state index contributed by atoms with van der Waals surface area (Å²) in [5.74, 6) is 0. The third-order valence-electron chi connectivity index (χ3n) is 2.60. The van der Waals surface area contributed by atoms with Crippen LogP contribution in [-0.4, -0.2) is 25.2 Å². The minimum Gasteiger partial charge on any atom is -0.312 e. The molecule has 0 fully saturated rings. The van der Waals surface area contributed by atoms with Gasteiger partial charge in [-0.25, -0.2) is 0 Å². The molecule has 0 aromatic heterocycles. The second kappa shape index (κ2) is 6.85. The lowest BCUT2D eigenvalue weighted by atomic mass is 10.6. The van der Waals surface area contributed by atoms with Gasteiger partial charge in [0.25, 0.3) is 0 Å². The van der Waals surface area contributed by atoms with Crippen LogP contribution in [0, 0.1) is 0 Å². The van der Waals surface area contributed by atoms with Crippen molar-refractivity contribution in [3.63, 3.8) is 0 Å². The summed E-state index contributed by atoms with van der Waals surface area (Å²) < 4.78 is 2.52. The summed E-state index contributed by atoms with van der Waals surface area (Å²) in [5, 5.41) is 0. The summed E-state index contributed by atoms with van der Waals surface area (Å²) in [5.41, 5.74) is 0. The molecule has 0 saturated heterocycles. The number of hydrogen-bond acceptors (Lipinski definition) is 1. The van der Waals surface area contributed by atoms with Crippen molar-refractivity contribution in [2.24, 2.45) is 0 Å². The molecule has 0 aliphatic carbocycles. The lowest BCUT2D eigenvalue weighted by Crippen LogP contribution is -2.48. The Morgan fingerprint density at radius 2 is 1.31 bits per heavy atom. The summed E-state index contributed by atoms with van der Waals surface area (Å²) >= 11 is 6.77. The van der Waals surface area contributed by atoms with Crippen molar-refractivity contribution in [3.8, 4) is 0 Å². The standard InChI is InChI=1S/C10H24ClNSi/c1-5-9-13(11,10-6-2)12(7-3)8-4/h5-10H2,1-4H3. The van der Waals surface area contributed by atoms with Gasteiger partial charge in [0.1, 0.15) is 0 Å². The first-order valence-corrected chi connectivity index (χ1v) is 8.95. The van der Waals surface area contributed by atoms with Gasteiger partial charge < -0.3 is 4.57 Å². The van der Waals surface area contributed by atoms with Gasteiger partial charge in [-0.15, -0.1) is 11.1 Å². The Morgan fingerprint density at radius 1 is 0.923 bits per heavy atom. The van der Waals surface area contributed by atoms with Crippen molar-refractivity contribution in [1.29, 1.82) is 0 Å². The molecule has 0 N–H and O–H groups in total. The van der Waals surface area contributed by atoms with E-state index >= 15 is 0 Å². The Hall–Kier alpha value is 0.467. The monoisotopic (exact) mass is 221 g/mol. The average Bonchev–Trinajstić information content (AvgIpc) is 2.07. The van der Waals surface area contributed by atoms with E-state index in [0.29, 0.717) is 0 Å². The molecular formula is C10H24ClNSi. The lowest BCUT2D eigenvalue weighted by molar-refractivity contribution is 0.466. The fourth-order valence-corrected chi connectivity index (χ4v) is 7.40. The molecule has 0 rings (SSSR count). The van der Waals surface area contributed by atoms with E-state index < -0.39 is 7.55 Å². The first-order valence-electron chi connectivity index (χ1n) is 5.58. The molecule has 0 atom stereocenters. The van der Waals surface area contributed by atoms with Crippen LogP contribution in [0.3, 0.4) is 0 Å². The molecule has 0 aliphatic rings. The topological polar surface area (TPSA) is 3.24 Å². The zero-order valence-electron chi connectivity index (χ0n) is 9.57. The van der Waals surface area contributed by atoms with Crippen LogP contribution in [0.1, 0.15) is 40.5 Å². The highest BCUT2D eigenvalue weighted by atomic mass is 35.6. The van der Waals surface area contributed by atoms with E-state index in [9.17, 15) is 0 Å². The number of nitrogens with zero attached hydrogens (tertiary/aromatic N) is 1. The minimum absolute atomic E-state index is 1.12.